The first-order chi connectivity index (χ1) is 13.1. The van der Waals surface area contributed by atoms with E-state index in [4.69, 9.17) is 16.3 Å². The van der Waals surface area contributed by atoms with Gasteiger partial charge in [0, 0.05) is 23.7 Å². The molecule has 0 aromatic heterocycles. The zero-order valence-electron chi connectivity index (χ0n) is 15.4. The number of halogens is 1. The Kier molecular flexibility index (Phi) is 6.88. The number of aryl methyl sites for hydroxylation is 1. The average Bonchev–Trinajstić information content (AvgIpc) is 2.68. The lowest BCUT2D eigenvalue weighted by molar-refractivity contribution is 0.174. The zero-order valence-corrected chi connectivity index (χ0v) is 16.1. The standard InChI is InChI=1S/C23H24ClNO2/c1-17-6-5-7-18(12-17)16-27-23-11-10-21(24)13-20(23)14-25-15-22(26)19-8-3-2-4-9-19/h2-13,22,25-26H,14-16H2,1H3/t22-/m0/s1. The highest BCUT2D eigenvalue weighted by molar-refractivity contribution is 6.30. The summed E-state index contributed by atoms with van der Waals surface area (Å²) < 4.78 is 6.01. The van der Waals surface area contributed by atoms with E-state index in [9.17, 15) is 5.11 Å². The molecule has 0 aliphatic heterocycles. The Labute approximate surface area is 165 Å². The molecule has 3 aromatic carbocycles. The highest BCUT2D eigenvalue weighted by Crippen LogP contribution is 2.24. The van der Waals surface area contributed by atoms with Crippen molar-refractivity contribution in [1.29, 1.82) is 0 Å². The quantitative estimate of drug-likeness (QED) is 0.573. The Bertz CT molecular complexity index is 867. The van der Waals surface area contributed by atoms with Gasteiger partial charge in [0.2, 0.25) is 0 Å². The van der Waals surface area contributed by atoms with Crippen LogP contribution in [0.4, 0.5) is 0 Å². The number of hydrogen-bond acceptors (Lipinski definition) is 3. The second kappa shape index (κ2) is 9.56. The van der Waals surface area contributed by atoms with Crippen molar-refractivity contribution in [2.45, 2.75) is 26.2 Å². The van der Waals surface area contributed by atoms with E-state index < -0.39 is 6.10 Å². The zero-order chi connectivity index (χ0) is 19.1. The van der Waals surface area contributed by atoms with Gasteiger partial charge in [-0.15, -0.1) is 0 Å². The molecule has 0 unspecified atom stereocenters. The summed E-state index contributed by atoms with van der Waals surface area (Å²) >= 11 is 6.16. The number of benzene rings is 3. The van der Waals surface area contributed by atoms with Crippen LogP contribution in [0.15, 0.2) is 72.8 Å². The lowest BCUT2D eigenvalue weighted by Gasteiger charge is -2.15. The summed E-state index contributed by atoms with van der Waals surface area (Å²) in [7, 11) is 0. The van der Waals surface area contributed by atoms with Gasteiger partial charge in [-0.3, -0.25) is 0 Å². The summed E-state index contributed by atoms with van der Waals surface area (Å²) in [6, 6.07) is 23.5. The molecule has 3 rings (SSSR count). The minimum atomic E-state index is -0.554. The molecule has 0 aliphatic rings. The number of aliphatic hydroxyl groups excluding tert-OH is 1. The van der Waals surface area contributed by atoms with Crippen molar-refractivity contribution in [3.8, 4) is 5.75 Å². The van der Waals surface area contributed by atoms with Gasteiger partial charge in [0.05, 0.1) is 6.10 Å². The molecule has 4 heteroatoms. The van der Waals surface area contributed by atoms with Crippen LogP contribution in [0, 0.1) is 6.92 Å². The Balaban J connectivity index is 1.60. The van der Waals surface area contributed by atoms with Crippen molar-refractivity contribution in [1.82, 2.24) is 5.32 Å². The van der Waals surface area contributed by atoms with Crippen molar-refractivity contribution in [3.05, 3.63) is 100 Å². The third-order valence-corrected chi connectivity index (χ3v) is 4.57. The van der Waals surface area contributed by atoms with E-state index in [2.05, 4.69) is 30.4 Å². The largest absolute Gasteiger partial charge is 0.489 e. The number of rotatable bonds is 8. The van der Waals surface area contributed by atoms with Gasteiger partial charge < -0.3 is 15.2 Å². The van der Waals surface area contributed by atoms with E-state index in [0.717, 1.165) is 22.4 Å². The smallest absolute Gasteiger partial charge is 0.124 e. The van der Waals surface area contributed by atoms with Gasteiger partial charge in [-0.25, -0.2) is 0 Å². The molecule has 27 heavy (non-hydrogen) atoms. The van der Waals surface area contributed by atoms with Gasteiger partial charge in [-0.1, -0.05) is 71.8 Å². The van der Waals surface area contributed by atoms with Crippen molar-refractivity contribution < 1.29 is 9.84 Å². The number of aliphatic hydroxyl groups is 1. The van der Waals surface area contributed by atoms with Crippen LogP contribution in [0.2, 0.25) is 5.02 Å². The van der Waals surface area contributed by atoms with Crippen LogP contribution in [-0.2, 0) is 13.2 Å². The summed E-state index contributed by atoms with van der Waals surface area (Å²) in [6.07, 6.45) is -0.554. The summed E-state index contributed by atoms with van der Waals surface area (Å²) in [5, 5.41) is 14.2. The topological polar surface area (TPSA) is 41.5 Å². The first-order valence-electron chi connectivity index (χ1n) is 9.02. The maximum absolute atomic E-state index is 10.3. The van der Waals surface area contributed by atoms with E-state index >= 15 is 0 Å². The second-order valence-corrected chi connectivity index (χ2v) is 7.02. The molecule has 3 nitrogen and oxygen atoms in total. The molecule has 0 bridgehead atoms. The summed E-state index contributed by atoms with van der Waals surface area (Å²) in [4.78, 5) is 0. The lowest BCUT2D eigenvalue weighted by atomic mass is 10.1. The Hall–Kier alpha value is -2.33. The Morgan fingerprint density at radius 1 is 1.00 bits per heavy atom. The number of nitrogens with one attached hydrogen (secondary N) is 1. The van der Waals surface area contributed by atoms with Gasteiger partial charge in [0.15, 0.2) is 0 Å². The molecule has 0 spiro atoms. The molecule has 0 saturated heterocycles. The van der Waals surface area contributed by atoms with Crippen LogP contribution < -0.4 is 10.1 Å². The third-order valence-electron chi connectivity index (χ3n) is 4.34. The van der Waals surface area contributed by atoms with Gasteiger partial charge in [-0.05, 0) is 36.2 Å². The molecule has 0 amide bonds. The van der Waals surface area contributed by atoms with Crippen molar-refractivity contribution in [2.75, 3.05) is 6.54 Å². The maximum Gasteiger partial charge on any atom is 0.124 e. The highest BCUT2D eigenvalue weighted by Gasteiger charge is 2.09. The van der Waals surface area contributed by atoms with Gasteiger partial charge in [0.1, 0.15) is 12.4 Å². The first kappa shape index (κ1) is 19.4. The summed E-state index contributed by atoms with van der Waals surface area (Å²) in [5.74, 6) is 0.794. The van der Waals surface area contributed by atoms with Crippen molar-refractivity contribution in [2.24, 2.45) is 0 Å². The first-order valence-corrected chi connectivity index (χ1v) is 9.40. The molecule has 140 valence electrons. The van der Waals surface area contributed by atoms with Crippen LogP contribution in [-0.4, -0.2) is 11.7 Å². The molecule has 1 atom stereocenters. The fraction of sp³-hybridized carbons (Fsp3) is 0.217. The molecule has 2 N–H and O–H groups in total. The molecular formula is C23H24ClNO2. The average molecular weight is 382 g/mol. The lowest BCUT2D eigenvalue weighted by Crippen LogP contribution is -2.21. The molecule has 0 aliphatic carbocycles. The number of ether oxygens (including phenoxy) is 1. The van der Waals surface area contributed by atoms with E-state index in [1.165, 1.54) is 5.56 Å². The van der Waals surface area contributed by atoms with Gasteiger partial charge in [-0.2, -0.15) is 0 Å². The molecule has 0 radical (unpaired) electrons. The molecular weight excluding hydrogens is 358 g/mol. The highest BCUT2D eigenvalue weighted by atomic mass is 35.5. The predicted molar refractivity (Wildman–Crippen MR) is 110 cm³/mol. The molecule has 3 aromatic rings. The third kappa shape index (κ3) is 5.83. The second-order valence-electron chi connectivity index (χ2n) is 6.59. The maximum atomic E-state index is 10.3. The molecule has 0 fully saturated rings. The minimum Gasteiger partial charge on any atom is -0.489 e. The fourth-order valence-corrected chi connectivity index (χ4v) is 3.12. The van der Waals surface area contributed by atoms with E-state index in [1.54, 1.807) is 0 Å². The monoisotopic (exact) mass is 381 g/mol. The molecule has 0 heterocycles. The normalized spacial score (nSPS) is 12.0. The fourth-order valence-electron chi connectivity index (χ4n) is 2.93. The van der Waals surface area contributed by atoms with E-state index in [-0.39, 0.29) is 0 Å². The van der Waals surface area contributed by atoms with Crippen LogP contribution in [0.1, 0.15) is 28.4 Å². The van der Waals surface area contributed by atoms with Crippen LogP contribution >= 0.6 is 11.6 Å². The number of hydrogen-bond donors (Lipinski definition) is 2. The Morgan fingerprint density at radius 3 is 2.59 bits per heavy atom. The SMILES string of the molecule is Cc1cccc(COc2ccc(Cl)cc2CNC[C@H](O)c2ccccc2)c1. The van der Waals surface area contributed by atoms with Crippen molar-refractivity contribution >= 4 is 11.6 Å². The molecule has 0 saturated carbocycles. The van der Waals surface area contributed by atoms with Crippen molar-refractivity contribution in [3.63, 3.8) is 0 Å². The Morgan fingerprint density at radius 2 is 1.81 bits per heavy atom. The van der Waals surface area contributed by atoms with Crippen LogP contribution in [0.3, 0.4) is 0 Å². The summed E-state index contributed by atoms with van der Waals surface area (Å²) in [6.45, 7) is 3.59. The summed E-state index contributed by atoms with van der Waals surface area (Å²) in [5.41, 5.74) is 4.20. The predicted octanol–water partition coefficient (Wildman–Crippen LogP) is 5.05. The van der Waals surface area contributed by atoms with E-state index in [1.807, 2.05) is 54.6 Å². The van der Waals surface area contributed by atoms with Crippen LogP contribution in [0.25, 0.3) is 0 Å². The van der Waals surface area contributed by atoms with Gasteiger partial charge >= 0.3 is 0 Å². The van der Waals surface area contributed by atoms with Gasteiger partial charge in [0.25, 0.3) is 0 Å². The minimum absolute atomic E-state index is 0.452. The van der Waals surface area contributed by atoms with Crippen LogP contribution in [0.5, 0.6) is 5.75 Å². The van der Waals surface area contributed by atoms with E-state index in [0.29, 0.717) is 24.7 Å².